The molecule has 0 saturated heterocycles. The molecular weight excluding hydrogens is 580 g/mol. The topological polar surface area (TPSA) is 109 Å². The Morgan fingerprint density at radius 3 is 2.51 bits per heavy atom. The predicted molar refractivity (Wildman–Crippen MR) is 167 cm³/mol. The van der Waals surface area contributed by atoms with E-state index >= 15 is 4.39 Å². The van der Waals surface area contributed by atoms with E-state index in [-0.39, 0.29) is 45.4 Å². The van der Waals surface area contributed by atoms with Crippen molar-refractivity contribution >= 4 is 40.7 Å². The fraction of sp³-hybridized carbons (Fsp3) is 0.206. The third-order valence-corrected chi connectivity index (χ3v) is 8.10. The third-order valence-electron chi connectivity index (χ3n) is 8.10. The average Bonchev–Trinajstić information content (AvgIpc) is 3.65. The lowest BCUT2D eigenvalue weighted by Crippen LogP contribution is -2.37. The van der Waals surface area contributed by atoms with Gasteiger partial charge in [0.15, 0.2) is 0 Å². The highest BCUT2D eigenvalue weighted by molar-refractivity contribution is 6.21. The number of ether oxygens (including phenoxy) is 1. The Balaban J connectivity index is 1.36. The van der Waals surface area contributed by atoms with Crippen LogP contribution in [0.25, 0.3) is 33.4 Å². The van der Waals surface area contributed by atoms with Crippen molar-refractivity contribution in [3.63, 3.8) is 0 Å². The van der Waals surface area contributed by atoms with Crippen LogP contribution in [0.15, 0.2) is 79.8 Å². The van der Waals surface area contributed by atoms with Crippen LogP contribution in [-0.4, -0.2) is 54.8 Å². The Labute approximate surface area is 256 Å². The summed E-state index contributed by atoms with van der Waals surface area (Å²) in [7, 11) is 2.91. The Morgan fingerprint density at radius 1 is 1.04 bits per heavy atom. The van der Waals surface area contributed by atoms with Gasteiger partial charge in [0.1, 0.15) is 34.4 Å². The molecular formula is C34H27F2N5O4. The van der Waals surface area contributed by atoms with E-state index in [2.05, 4.69) is 20.3 Å². The van der Waals surface area contributed by atoms with Gasteiger partial charge in [0.2, 0.25) is 5.96 Å². The number of aryl methyl sites for hydroxylation is 1. The summed E-state index contributed by atoms with van der Waals surface area (Å²) in [5.41, 5.74) is 3.40. The van der Waals surface area contributed by atoms with E-state index < -0.39 is 17.5 Å². The van der Waals surface area contributed by atoms with Gasteiger partial charge in [0.05, 0.1) is 35.5 Å². The van der Waals surface area contributed by atoms with Crippen LogP contribution in [-0.2, 0) is 0 Å². The quantitative estimate of drug-likeness (QED) is 0.272. The summed E-state index contributed by atoms with van der Waals surface area (Å²) in [6, 6.07) is 11.8. The number of aliphatic imine (C=N–C) groups is 3. The maximum Gasteiger partial charge on any atom is 0.264 e. The molecule has 9 nitrogen and oxygen atoms in total. The summed E-state index contributed by atoms with van der Waals surface area (Å²) in [5.74, 6) is -1.35. The summed E-state index contributed by atoms with van der Waals surface area (Å²) < 4.78 is 41.9. The molecule has 2 amide bonds. The predicted octanol–water partition coefficient (Wildman–Crippen LogP) is 6.45. The molecule has 0 atom stereocenters. The summed E-state index contributed by atoms with van der Waals surface area (Å²) in [4.78, 5) is 42.3. The molecule has 0 bridgehead atoms. The van der Waals surface area contributed by atoms with Crippen LogP contribution in [0, 0.1) is 18.6 Å². The third kappa shape index (κ3) is 4.80. The number of rotatable bonds is 6. The van der Waals surface area contributed by atoms with E-state index in [4.69, 9.17) is 9.15 Å². The number of guanidine groups is 1. The molecule has 11 heteroatoms. The summed E-state index contributed by atoms with van der Waals surface area (Å²) in [6.45, 7) is 1.79. The Morgan fingerprint density at radius 2 is 1.82 bits per heavy atom. The number of carbonyl (C=O) groups excluding carboxylic acids is 2. The first-order valence-corrected chi connectivity index (χ1v) is 14.4. The molecule has 2 aliphatic heterocycles. The van der Waals surface area contributed by atoms with E-state index in [1.807, 2.05) is 0 Å². The van der Waals surface area contributed by atoms with E-state index in [1.165, 1.54) is 38.4 Å². The van der Waals surface area contributed by atoms with Crippen molar-refractivity contribution in [2.75, 3.05) is 14.2 Å². The van der Waals surface area contributed by atoms with Crippen molar-refractivity contribution in [2.24, 2.45) is 15.0 Å². The van der Waals surface area contributed by atoms with Crippen LogP contribution in [0.4, 0.5) is 8.78 Å². The zero-order chi connectivity index (χ0) is 31.4. The highest BCUT2D eigenvalue weighted by Crippen LogP contribution is 2.41. The molecule has 1 aliphatic carbocycles. The van der Waals surface area contributed by atoms with Crippen molar-refractivity contribution in [3.05, 3.63) is 88.8 Å². The van der Waals surface area contributed by atoms with Crippen molar-refractivity contribution in [2.45, 2.75) is 32.2 Å². The minimum atomic E-state index is -0.698. The molecule has 1 N–H and O–H groups in total. The molecule has 1 fully saturated rings. The largest absolute Gasteiger partial charge is 0.496 e. The average molecular weight is 608 g/mol. The molecule has 45 heavy (non-hydrogen) atoms. The van der Waals surface area contributed by atoms with E-state index in [9.17, 15) is 14.0 Å². The number of halogens is 2. The van der Waals surface area contributed by atoms with Crippen molar-refractivity contribution in [1.29, 1.82) is 0 Å². The molecule has 1 saturated carbocycles. The van der Waals surface area contributed by atoms with Gasteiger partial charge < -0.3 is 14.5 Å². The number of fused-ring (bicyclic) bond motifs is 2. The maximum absolute atomic E-state index is 16.6. The molecule has 4 aromatic rings. The maximum atomic E-state index is 16.6. The summed E-state index contributed by atoms with van der Waals surface area (Å²) in [5, 5.41) is 2.53. The van der Waals surface area contributed by atoms with Crippen LogP contribution in [0.1, 0.15) is 45.5 Å². The standard InChI is InChI=1S/C34H27F2N5O4/c1-17-14-27(44-3)23(33(43)41(20-8-9-20)34-39-24-12-13-38-16-25(24)40-34)15-22(17)21-10-11-26-28(30(21)36)29(32(42)37-2)31(45-26)18-4-6-19(35)7-5-18/h4-7,10-11,13-16,20H,8-9,12H2,1-3H3,(H,37,42). The monoisotopic (exact) mass is 607 g/mol. The lowest BCUT2D eigenvalue weighted by molar-refractivity contribution is 0.0835. The van der Waals surface area contributed by atoms with Gasteiger partial charge in [-0.3, -0.25) is 19.5 Å². The van der Waals surface area contributed by atoms with Gasteiger partial charge in [0.25, 0.3) is 11.8 Å². The number of amides is 2. The van der Waals surface area contributed by atoms with Crippen LogP contribution in [0.2, 0.25) is 0 Å². The van der Waals surface area contributed by atoms with Crippen LogP contribution in [0.3, 0.4) is 0 Å². The molecule has 0 radical (unpaired) electrons. The zero-order valence-electron chi connectivity index (χ0n) is 24.6. The number of hydrogen-bond donors (Lipinski definition) is 1. The summed E-state index contributed by atoms with van der Waals surface area (Å²) >= 11 is 0. The lowest BCUT2D eigenvalue weighted by atomic mass is 9.94. The first-order chi connectivity index (χ1) is 21.8. The molecule has 3 aliphatic rings. The fourth-order valence-electron chi connectivity index (χ4n) is 5.69. The van der Waals surface area contributed by atoms with Crippen LogP contribution >= 0.6 is 0 Å². The van der Waals surface area contributed by atoms with E-state index in [0.717, 1.165) is 18.6 Å². The second-order valence-corrected chi connectivity index (χ2v) is 11.0. The second-order valence-electron chi connectivity index (χ2n) is 11.0. The molecule has 226 valence electrons. The number of nitrogens with one attached hydrogen (secondary N) is 1. The fourth-order valence-corrected chi connectivity index (χ4v) is 5.69. The lowest BCUT2D eigenvalue weighted by Gasteiger charge is -2.22. The van der Waals surface area contributed by atoms with Crippen LogP contribution < -0.4 is 10.1 Å². The zero-order valence-corrected chi connectivity index (χ0v) is 24.6. The highest BCUT2D eigenvalue weighted by Gasteiger charge is 2.39. The Kier molecular flexibility index (Phi) is 6.87. The van der Waals surface area contributed by atoms with Crippen LogP contribution in [0.5, 0.6) is 5.75 Å². The minimum absolute atomic E-state index is 0.0149. The normalized spacial score (nSPS) is 15.4. The first-order valence-electron chi connectivity index (χ1n) is 14.4. The van der Waals surface area contributed by atoms with Crippen molar-refractivity contribution < 1.29 is 27.5 Å². The molecule has 7 rings (SSSR count). The number of methoxy groups -OCH3 is 1. The SMILES string of the molecule is CNC(=O)c1c(-c2ccc(F)cc2)oc2ccc(-c3cc(C(=O)N(C4=NC5=CN=CCC5=N4)C4CC4)c(OC)cc3C)c(F)c12. The van der Waals surface area contributed by atoms with Gasteiger partial charge in [0, 0.05) is 36.9 Å². The molecule has 0 spiro atoms. The second kappa shape index (κ2) is 10.9. The number of carbonyl (C=O) groups is 2. The molecule has 3 aromatic carbocycles. The van der Waals surface area contributed by atoms with Gasteiger partial charge in [-0.15, -0.1) is 0 Å². The number of benzene rings is 3. The van der Waals surface area contributed by atoms with Gasteiger partial charge >= 0.3 is 0 Å². The Hall–Kier alpha value is -5.45. The van der Waals surface area contributed by atoms with E-state index in [0.29, 0.717) is 40.5 Å². The van der Waals surface area contributed by atoms with Gasteiger partial charge in [-0.05, 0) is 79.4 Å². The minimum Gasteiger partial charge on any atom is -0.496 e. The van der Waals surface area contributed by atoms with Gasteiger partial charge in [-0.1, -0.05) is 0 Å². The van der Waals surface area contributed by atoms with Gasteiger partial charge in [-0.25, -0.2) is 18.8 Å². The van der Waals surface area contributed by atoms with E-state index in [1.54, 1.807) is 48.5 Å². The smallest absolute Gasteiger partial charge is 0.264 e. The first kappa shape index (κ1) is 28.3. The summed E-state index contributed by atoms with van der Waals surface area (Å²) in [6.07, 6.45) is 5.50. The van der Waals surface area contributed by atoms with Crippen molar-refractivity contribution in [3.8, 4) is 28.2 Å². The van der Waals surface area contributed by atoms with Crippen molar-refractivity contribution in [1.82, 2.24) is 10.2 Å². The molecule has 3 heterocycles. The molecule has 1 aromatic heterocycles. The number of hydrogen-bond acceptors (Lipinski definition) is 7. The Bertz CT molecular complexity index is 2040. The number of furan rings is 1. The number of allylic oxidation sites excluding steroid dienone is 1. The van der Waals surface area contributed by atoms with Gasteiger partial charge in [-0.2, -0.15) is 0 Å². The molecule has 0 unspecified atom stereocenters. The highest BCUT2D eigenvalue weighted by atomic mass is 19.1. The number of nitrogens with zero attached hydrogens (tertiary/aromatic N) is 4.